The fraction of sp³-hybridized carbons (Fsp3) is 0.318. The molecule has 4 rings (SSSR count). The van der Waals surface area contributed by atoms with Gasteiger partial charge >= 0.3 is 0 Å². The number of hydrogen-bond acceptors (Lipinski definition) is 5. The molecule has 1 amide bonds. The highest BCUT2D eigenvalue weighted by Crippen LogP contribution is 2.27. The maximum absolute atomic E-state index is 12.4. The number of likely N-dealkylation sites (tertiary alicyclic amines) is 1. The van der Waals surface area contributed by atoms with Gasteiger partial charge in [-0.15, -0.1) is 0 Å². The van der Waals surface area contributed by atoms with Gasteiger partial charge in [-0.1, -0.05) is 28.9 Å². The van der Waals surface area contributed by atoms with Crippen LogP contribution in [0.15, 0.2) is 59.4 Å². The van der Waals surface area contributed by atoms with Gasteiger partial charge in [0.2, 0.25) is 5.76 Å². The maximum atomic E-state index is 12.4. The van der Waals surface area contributed by atoms with E-state index in [0.717, 1.165) is 48.8 Å². The lowest BCUT2D eigenvalue weighted by Crippen LogP contribution is -2.34. The Morgan fingerprint density at radius 2 is 1.97 bits per heavy atom. The Morgan fingerprint density at radius 1 is 1.17 bits per heavy atom. The summed E-state index contributed by atoms with van der Waals surface area (Å²) in [5.74, 6) is 0.264. The van der Waals surface area contributed by atoms with Crippen LogP contribution in [0.3, 0.4) is 0 Å². The summed E-state index contributed by atoms with van der Waals surface area (Å²) in [5.41, 5.74) is 3.07. The van der Waals surface area contributed by atoms with Crippen LogP contribution >= 0.6 is 11.6 Å². The maximum Gasteiger partial charge on any atom is 0.290 e. The monoisotopic (exact) mass is 410 g/mol. The van der Waals surface area contributed by atoms with E-state index >= 15 is 0 Å². The quantitative estimate of drug-likeness (QED) is 0.664. The van der Waals surface area contributed by atoms with Gasteiger partial charge in [-0.3, -0.25) is 14.7 Å². The van der Waals surface area contributed by atoms with Crippen LogP contribution in [0, 0.1) is 0 Å². The van der Waals surface area contributed by atoms with Crippen molar-refractivity contribution in [2.24, 2.45) is 0 Å². The number of rotatable bonds is 6. The average molecular weight is 411 g/mol. The van der Waals surface area contributed by atoms with E-state index in [1.807, 2.05) is 24.3 Å². The van der Waals surface area contributed by atoms with Crippen molar-refractivity contribution in [3.8, 4) is 0 Å². The molecular formula is C22H23ClN4O2. The minimum absolute atomic E-state index is 0.254. The first-order valence-electron chi connectivity index (χ1n) is 9.78. The second-order valence-electron chi connectivity index (χ2n) is 7.35. The molecule has 1 N–H and O–H groups in total. The van der Waals surface area contributed by atoms with E-state index in [1.165, 1.54) is 5.56 Å². The Hall–Kier alpha value is -2.70. The minimum atomic E-state index is -0.255. The molecule has 0 spiro atoms. The van der Waals surface area contributed by atoms with Crippen molar-refractivity contribution >= 4 is 17.5 Å². The molecule has 1 atom stereocenters. The molecule has 1 fully saturated rings. The van der Waals surface area contributed by atoms with E-state index < -0.39 is 0 Å². The van der Waals surface area contributed by atoms with E-state index in [9.17, 15) is 4.79 Å². The van der Waals surface area contributed by atoms with Crippen molar-refractivity contribution < 1.29 is 9.32 Å². The molecule has 29 heavy (non-hydrogen) atoms. The fourth-order valence-corrected chi connectivity index (χ4v) is 3.77. The Labute approximate surface area is 174 Å². The number of aromatic nitrogens is 2. The lowest BCUT2D eigenvalue weighted by molar-refractivity contribution is 0.0913. The van der Waals surface area contributed by atoms with Gasteiger partial charge in [0.15, 0.2) is 0 Å². The molecule has 0 radical (unpaired) electrons. The van der Waals surface area contributed by atoms with Gasteiger partial charge in [-0.05, 0) is 54.8 Å². The molecule has 7 heteroatoms. The molecule has 0 unspecified atom stereocenters. The summed E-state index contributed by atoms with van der Waals surface area (Å²) in [7, 11) is 0. The third kappa shape index (κ3) is 5.22. The molecular weight excluding hydrogens is 388 g/mol. The summed E-state index contributed by atoms with van der Waals surface area (Å²) in [6, 6.07) is 13.5. The molecule has 1 aliphatic heterocycles. The lowest BCUT2D eigenvalue weighted by atomic mass is 9.94. The number of carbonyl (C=O) groups excluding carboxylic acids is 1. The van der Waals surface area contributed by atoms with Crippen molar-refractivity contribution in [1.29, 1.82) is 0 Å². The first kappa shape index (κ1) is 19.6. The predicted octanol–water partition coefficient (Wildman–Crippen LogP) is 4.03. The van der Waals surface area contributed by atoms with E-state index in [4.69, 9.17) is 16.1 Å². The smallest absolute Gasteiger partial charge is 0.290 e. The SMILES string of the molecule is O=C(NCc1ccncc1)c1cc([C@H]2CCCN(Cc3ccc(Cl)cc3)C2)no1. The Balaban J connectivity index is 1.34. The zero-order valence-corrected chi connectivity index (χ0v) is 16.8. The molecule has 2 aromatic heterocycles. The summed E-state index contributed by atoms with van der Waals surface area (Å²) in [4.78, 5) is 18.7. The van der Waals surface area contributed by atoms with Gasteiger partial charge in [0.25, 0.3) is 5.91 Å². The van der Waals surface area contributed by atoms with Crippen LogP contribution in [0.5, 0.6) is 0 Å². The van der Waals surface area contributed by atoms with Crippen molar-refractivity contribution in [3.05, 3.63) is 82.5 Å². The molecule has 1 aliphatic rings. The summed E-state index contributed by atoms with van der Waals surface area (Å²) in [5, 5.41) is 7.79. The van der Waals surface area contributed by atoms with Crippen molar-refractivity contribution in [3.63, 3.8) is 0 Å². The number of piperidine rings is 1. The van der Waals surface area contributed by atoms with Gasteiger partial charge < -0.3 is 9.84 Å². The third-order valence-corrected chi connectivity index (χ3v) is 5.45. The number of amides is 1. The predicted molar refractivity (Wildman–Crippen MR) is 111 cm³/mol. The number of pyridine rings is 1. The second-order valence-corrected chi connectivity index (χ2v) is 7.79. The minimum Gasteiger partial charge on any atom is -0.351 e. The number of nitrogens with zero attached hydrogens (tertiary/aromatic N) is 3. The van der Waals surface area contributed by atoms with Crippen LogP contribution in [0.2, 0.25) is 5.02 Å². The van der Waals surface area contributed by atoms with Gasteiger partial charge in [0.05, 0.1) is 5.69 Å². The zero-order valence-electron chi connectivity index (χ0n) is 16.1. The summed E-state index contributed by atoms with van der Waals surface area (Å²) in [6.07, 6.45) is 5.54. The van der Waals surface area contributed by atoms with E-state index in [1.54, 1.807) is 18.5 Å². The van der Waals surface area contributed by atoms with E-state index in [0.29, 0.717) is 6.54 Å². The topological polar surface area (TPSA) is 71.3 Å². The van der Waals surface area contributed by atoms with Crippen molar-refractivity contribution in [2.45, 2.75) is 31.8 Å². The van der Waals surface area contributed by atoms with Crippen molar-refractivity contribution in [2.75, 3.05) is 13.1 Å². The fourth-order valence-electron chi connectivity index (χ4n) is 3.65. The third-order valence-electron chi connectivity index (χ3n) is 5.20. The molecule has 0 saturated carbocycles. The summed E-state index contributed by atoms with van der Waals surface area (Å²) < 4.78 is 5.33. The Morgan fingerprint density at radius 3 is 2.76 bits per heavy atom. The van der Waals surface area contributed by atoms with Crippen LogP contribution < -0.4 is 5.32 Å². The summed E-state index contributed by atoms with van der Waals surface area (Å²) in [6.45, 7) is 3.25. The van der Waals surface area contributed by atoms with Crippen molar-refractivity contribution in [1.82, 2.24) is 20.4 Å². The molecule has 6 nitrogen and oxygen atoms in total. The van der Waals surface area contributed by atoms with E-state index in [-0.39, 0.29) is 17.6 Å². The molecule has 3 aromatic rings. The second kappa shape index (κ2) is 9.20. The molecule has 150 valence electrons. The Bertz CT molecular complexity index is 943. The number of nitrogens with one attached hydrogen (secondary N) is 1. The zero-order chi connectivity index (χ0) is 20.1. The van der Waals surface area contributed by atoms with Gasteiger partial charge in [0.1, 0.15) is 0 Å². The summed E-state index contributed by atoms with van der Waals surface area (Å²) >= 11 is 5.97. The normalized spacial score (nSPS) is 17.2. The molecule has 3 heterocycles. The van der Waals surface area contributed by atoms with Crippen LogP contribution in [0.1, 0.15) is 46.1 Å². The highest BCUT2D eigenvalue weighted by Gasteiger charge is 2.25. The van der Waals surface area contributed by atoms with Gasteiger partial charge in [-0.25, -0.2) is 0 Å². The van der Waals surface area contributed by atoms with Crippen LogP contribution in [-0.2, 0) is 13.1 Å². The van der Waals surface area contributed by atoms with Gasteiger partial charge in [-0.2, -0.15) is 0 Å². The highest BCUT2D eigenvalue weighted by atomic mass is 35.5. The molecule has 1 aromatic carbocycles. The van der Waals surface area contributed by atoms with E-state index in [2.05, 4.69) is 32.5 Å². The standard InChI is InChI=1S/C22H23ClN4O2/c23-19-5-3-17(4-6-19)14-27-11-1-2-18(15-27)20-12-21(29-26-20)22(28)25-13-16-7-9-24-10-8-16/h3-10,12,18H,1-2,11,13-15H2,(H,25,28)/t18-/m0/s1. The first-order chi connectivity index (χ1) is 14.2. The number of halogens is 1. The highest BCUT2D eigenvalue weighted by molar-refractivity contribution is 6.30. The molecule has 1 saturated heterocycles. The van der Waals surface area contributed by atoms with Crippen LogP contribution in [0.25, 0.3) is 0 Å². The average Bonchev–Trinajstić information content (AvgIpc) is 3.25. The number of carbonyl (C=O) groups is 1. The largest absolute Gasteiger partial charge is 0.351 e. The van der Waals surface area contributed by atoms with Gasteiger partial charge in [0, 0.05) is 49.0 Å². The lowest BCUT2D eigenvalue weighted by Gasteiger charge is -2.31. The van der Waals surface area contributed by atoms with Crippen LogP contribution in [0.4, 0.5) is 0 Å². The number of hydrogen-bond donors (Lipinski definition) is 1. The first-order valence-corrected chi connectivity index (χ1v) is 10.2. The number of benzene rings is 1. The molecule has 0 aliphatic carbocycles. The Kier molecular flexibility index (Phi) is 6.22. The molecule has 0 bridgehead atoms. The van der Waals surface area contributed by atoms with Crippen LogP contribution in [-0.4, -0.2) is 34.0 Å².